The molecule has 100 valence electrons. The van der Waals surface area contributed by atoms with Crippen LogP contribution in [0.25, 0.3) is 0 Å². The summed E-state index contributed by atoms with van der Waals surface area (Å²) in [5.41, 5.74) is 2.34. The third-order valence-electron chi connectivity index (χ3n) is 2.94. The van der Waals surface area contributed by atoms with Gasteiger partial charge in [-0.05, 0) is 30.5 Å². The van der Waals surface area contributed by atoms with E-state index in [4.69, 9.17) is 0 Å². The van der Waals surface area contributed by atoms with Crippen molar-refractivity contribution in [2.45, 2.75) is 25.8 Å². The molecule has 0 spiro atoms. The molecule has 0 aliphatic carbocycles. The average Bonchev–Trinajstić information content (AvgIpc) is 2.26. The molecule has 1 heterocycles. The number of hydrogen-bond acceptors (Lipinski definition) is 2. The number of rotatable bonds is 1. The molecular weight excluding hydrogens is 264 g/mol. The van der Waals surface area contributed by atoms with Gasteiger partial charge in [-0.15, -0.1) is 12.4 Å². The summed E-state index contributed by atoms with van der Waals surface area (Å²) < 4.78 is 31.5. The molecule has 2 rings (SSSR count). The van der Waals surface area contributed by atoms with Gasteiger partial charge in [0.25, 0.3) is 0 Å². The molecule has 1 aliphatic heterocycles. The minimum absolute atomic E-state index is 0. The van der Waals surface area contributed by atoms with Gasteiger partial charge in [-0.25, -0.2) is 13.6 Å². The molecule has 1 fully saturated rings. The van der Waals surface area contributed by atoms with Crippen LogP contribution in [0.3, 0.4) is 0 Å². The molecule has 0 aromatic heterocycles. The molecular formula is C12H14ClF2NO2. The Hall–Kier alpha value is -1.36. The molecule has 6 heteroatoms. The van der Waals surface area contributed by atoms with Crippen LogP contribution in [0, 0.1) is 13.8 Å². The van der Waals surface area contributed by atoms with Crippen LogP contribution in [0.4, 0.5) is 13.6 Å². The van der Waals surface area contributed by atoms with E-state index in [0.717, 1.165) is 11.1 Å². The molecule has 1 aliphatic rings. The molecule has 1 aromatic rings. The smallest absolute Gasteiger partial charge is 0.408 e. The van der Waals surface area contributed by atoms with Gasteiger partial charge in [0.15, 0.2) is 6.61 Å². The molecule has 0 radical (unpaired) electrons. The first-order chi connectivity index (χ1) is 7.90. The minimum atomic E-state index is -3.09. The Morgan fingerprint density at radius 1 is 1.33 bits per heavy atom. The van der Waals surface area contributed by atoms with Crippen molar-refractivity contribution in [3.05, 3.63) is 34.9 Å². The van der Waals surface area contributed by atoms with Crippen molar-refractivity contribution in [3.8, 4) is 0 Å². The Balaban J connectivity index is 0.00000162. The van der Waals surface area contributed by atoms with Crippen LogP contribution in [0.2, 0.25) is 0 Å². The van der Waals surface area contributed by atoms with E-state index < -0.39 is 24.7 Å². The molecule has 1 aromatic carbocycles. The third kappa shape index (κ3) is 2.72. The van der Waals surface area contributed by atoms with Crippen LogP contribution >= 0.6 is 12.4 Å². The van der Waals surface area contributed by atoms with Crippen LogP contribution in [0.5, 0.6) is 0 Å². The predicted octanol–water partition coefficient (Wildman–Crippen LogP) is 3.14. The molecule has 1 saturated heterocycles. The Morgan fingerprint density at radius 3 is 2.61 bits per heavy atom. The number of hydrogen-bond donors (Lipinski definition) is 1. The molecule has 0 saturated carbocycles. The second kappa shape index (κ2) is 5.10. The fraction of sp³-hybridized carbons (Fsp3) is 0.417. The first kappa shape index (κ1) is 14.7. The highest BCUT2D eigenvalue weighted by Crippen LogP contribution is 2.34. The SMILES string of the molecule is Cc1ccc([C@@H]2NC(=O)OCC2(F)F)cc1C.Cl. The molecule has 0 bridgehead atoms. The summed E-state index contributed by atoms with van der Waals surface area (Å²) in [6.07, 6.45) is -0.806. The lowest BCUT2D eigenvalue weighted by Crippen LogP contribution is -2.49. The number of carbonyl (C=O) groups is 1. The van der Waals surface area contributed by atoms with Gasteiger partial charge in [0.1, 0.15) is 6.04 Å². The van der Waals surface area contributed by atoms with Crippen molar-refractivity contribution in [1.29, 1.82) is 0 Å². The van der Waals surface area contributed by atoms with E-state index in [-0.39, 0.29) is 12.4 Å². The van der Waals surface area contributed by atoms with E-state index in [0.29, 0.717) is 5.56 Å². The number of nitrogens with one attached hydrogen (secondary N) is 1. The normalized spacial score (nSPS) is 21.6. The van der Waals surface area contributed by atoms with E-state index in [1.54, 1.807) is 18.2 Å². The topological polar surface area (TPSA) is 38.3 Å². The first-order valence-electron chi connectivity index (χ1n) is 5.28. The maximum atomic E-state index is 13.6. The van der Waals surface area contributed by atoms with Gasteiger partial charge in [0, 0.05) is 0 Å². The van der Waals surface area contributed by atoms with Crippen LogP contribution in [-0.2, 0) is 4.74 Å². The summed E-state index contributed by atoms with van der Waals surface area (Å²) in [7, 11) is 0. The van der Waals surface area contributed by atoms with Gasteiger partial charge in [0.2, 0.25) is 0 Å². The van der Waals surface area contributed by atoms with Gasteiger partial charge >= 0.3 is 12.0 Å². The number of halogens is 3. The zero-order chi connectivity index (χ0) is 12.6. The first-order valence-corrected chi connectivity index (χ1v) is 5.28. The fourth-order valence-corrected chi connectivity index (χ4v) is 1.78. The van der Waals surface area contributed by atoms with Gasteiger partial charge in [0.05, 0.1) is 0 Å². The Morgan fingerprint density at radius 2 is 2.00 bits per heavy atom. The molecule has 18 heavy (non-hydrogen) atoms. The summed E-state index contributed by atoms with van der Waals surface area (Å²) in [4.78, 5) is 11.0. The lowest BCUT2D eigenvalue weighted by Gasteiger charge is -2.32. The Labute approximate surface area is 110 Å². The predicted molar refractivity (Wildman–Crippen MR) is 65.3 cm³/mol. The summed E-state index contributed by atoms with van der Waals surface area (Å²) in [5, 5.41) is 2.16. The van der Waals surface area contributed by atoms with Crippen molar-refractivity contribution >= 4 is 18.5 Å². The van der Waals surface area contributed by atoms with Gasteiger partial charge in [-0.2, -0.15) is 0 Å². The maximum absolute atomic E-state index is 13.6. The third-order valence-corrected chi connectivity index (χ3v) is 2.94. The summed E-state index contributed by atoms with van der Waals surface area (Å²) in [6, 6.07) is 3.72. The van der Waals surface area contributed by atoms with Crippen molar-refractivity contribution in [2.24, 2.45) is 0 Å². The van der Waals surface area contributed by atoms with Crippen molar-refractivity contribution in [1.82, 2.24) is 5.32 Å². The number of cyclic esters (lactones) is 1. The standard InChI is InChI=1S/C12H13F2NO2.ClH/c1-7-3-4-9(5-8(7)2)10-12(13,14)6-17-11(16)15-10;/h3-5,10H,6H2,1-2H3,(H,15,16);1H/t10-;/m0./s1. The zero-order valence-electron chi connectivity index (χ0n) is 10.00. The molecule has 1 N–H and O–H groups in total. The largest absolute Gasteiger partial charge is 0.443 e. The highest BCUT2D eigenvalue weighted by Gasteiger charge is 2.46. The van der Waals surface area contributed by atoms with Gasteiger partial charge in [-0.3, -0.25) is 0 Å². The zero-order valence-corrected chi connectivity index (χ0v) is 10.8. The van der Waals surface area contributed by atoms with E-state index in [2.05, 4.69) is 10.1 Å². The highest BCUT2D eigenvalue weighted by atomic mass is 35.5. The second-order valence-electron chi connectivity index (χ2n) is 4.26. The van der Waals surface area contributed by atoms with E-state index in [9.17, 15) is 13.6 Å². The highest BCUT2D eigenvalue weighted by molar-refractivity contribution is 5.85. The van der Waals surface area contributed by atoms with Gasteiger partial charge in [-0.1, -0.05) is 18.2 Å². The maximum Gasteiger partial charge on any atom is 0.408 e. The molecule has 3 nitrogen and oxygen atoms in total. The fourth-order valence-electron chi connectivity index (χ4n) is 1.78. The molecule has 0 unspecified atom stereocenters. The van der Waals surface area contributed by atoms with E-state index >= 15 is 0 Å². The number of ether oxygens (including phenoxy) is 1. The lowest BCUT2D eigenvalue weighted by atomic mass is 9.96. The Bertz CT molecular complexity index is 465. The van der Waals surface area contributed by atoms with Crippen LogP contribution in [0.15, 0.2) is 18.2 Å². The van der Waals surface area contributed by atoms with Gasteiger partial charge < -0.3 is 10.1 Å². The van der Waals surface area contributed by atoms with Crippen molar-refractivity contribution < 1.29 is 18.3 Å². The quantitative estimate of drug-likeness (QED) is 0.856. The monoisotopic (exact) mass is 277 g/mol. The number of carbonyl (C=O) groups excluding carboxylic acids is 1. The number of amides is 1. The summed E-state index contributed by atoms with van der Waals surface area (Å²) >= 11 is 0. The average molecular weight is 278 g/mol. The Kier molecular flexibility index (Phi) is 4.16. The van der Waals surface area contributed by atoms with E-state index in [1.807, 2.05) is 13.8 Å². The lowest BCUT2D eigenvalue weighted by molar-refractivity contribution is -0.104. The number of alkyl halides is 2. The van der Waals surface area contributed by atoms with Crippen LogP contribution in [0.1, 0.15) is 22.7 Å². The molecule has 1 atom stereocenters. The summed E-state index contributed by atoms with van der Waals surface area (Å²) in [6.45, 7) is 2.87. The minimum Gasteiger partial charge on any atom is -0.443 e. The number of alkyl carbamates (subject to hydrolysis) is 1. The van der Waals surface area contributed by atoms with E-state index in [1.165, 1.54) is 0 Å². The second-order valence-corrected chi connectivity index (χ2v) is 4.26. The number of aryl methyl sites for hydroxylation is 2. The number of benzene rings is 1. The van der Waals surface area contributed by atoms with Crippen LogP contribution in [-0.4, -0.2) is 18.6 Å². The van der Waals surface area contributed by atoms with Crippen LogP contribution < -0.4 is 5.32 Å². The van der Waals surface area contributed by atoms with Crippen molar-refractivity contribution in [3.63, 3.8) is 0 Å². The molecule has 1 amide bonds. The van der Waals surface area contributed by atoms with Crippen molar-refractivity contribution in [2.75, 3.05) is 6.61 Å². The summed E-state index contributed by atoms with van der Waals surface area (Å²) in [5.74, 6) is -3.09.